The SMILES string of the molecule is CC(=O)Nc1cccc(C(=O)N/N=C\c2cc(C)n(-c3ccc(F)c(Cl)c3)c2C)c1. The van der Waals surface area contributed by atoms with E-state index in [1.807, 2.05) is 24.5 Å². The highest BCUT2D eigenvalue weighted by Crippen LogP contribution is 2.24. The summed E-state index contributed by atoms with van der Waals surface area (Å²) in [6.07, 6.45) is 1.54. The number of hydrogen-bond acceptors (Lipinski definition) is 3. The first kappa shape index (κ1) is 21.3. The Labute approximate surface area is 178 Å². The number of anilines is 1. The molecule has 30 heavy (non-hydrogen) atoms. The Kier molecular flexibility index (Phi) is 6.32. The summed E-state index contributed by atoms with van der Waals surface area (Å²) in [6.45, 7) is 5.20. The number of aromatic nitrogens is 1. The van der Waals surface area contributed by atoms with Crippen molar-refractivity contribution in [1.82, 2.24) is 9.99 Å². The number of rotatable bonds is 5. The summed E-state index contributed by atoms with van der Waals surface area (Å²) >= 11 is 5.91. The van der Waals surface area contributed by atoms with Crippen molar-refractivity contribution in [2.24, 2.45) is 5.10 Å². The number of halogens is 2. The number of nitrogens with zero attached hydrogens (tertiary/aromatic N) is 2. The summed E-state index contributed by atoms with van der Waals surface area (Å²) in [5.41, 5.74) is 6.67. The molecule has 6 nitrogen and oxygen atoms in total. The average molecular weight is 427 g/mol. The van der Waals surface area contributed by atoms with Crippen LogP contribution in [0.2, 0.25) is 5.02 Å². The van der Waals surface area contributed by atoms with Gasteiger partial charge in [0.2, 0.25) is 5.91 Å². The van der Waals surface area contributed by atoms with E-state index in [4.69, 9.17) is 11.6 Å². The quantitative estimate of drug-likeness (QED) is 0.461. The maximum absolute atomic E-state index is 13.5. The summed E-state index contributed by atoms with van der Waals surface area (Å²) < 4.78 is 15.4. The normalized spacial score (nSPS) is 11.0. The van der Waals surface area contributed by atoms with Crippen molar-refractivity contribution in [3.8, 4) is 5.69 Å². The number of hydrazone groups is 1. The van der Waals surface area contributed by atoms with Crippen molar-refractivity contribution in [2.75, 3.05) is 5.32 Å². The molecule has 0 aliphatic heterocycles. The summed E-state index contributed by atoms with van der Waals surface area (Å²) in [5.74, 6) is -1.10. The lowest BCUT2D eigenvalue weighted by atomic mass is 10.2. The molecule has 3 rings (SSSR count). The van der Waals surface area contributed by atoms with E-state index in [1.165, 1.54) is 13.0 Å². The van der Waals surface area contributed by atoms with Gasteiger partial charge in [-0.1, -0.05) is 17.7 Å². The van der Waals surface area contributed by atoms with Crippen molar-refractivity contribution in [1.29, 1.82) is 0 Å². The zero-order valence-corrected chi connectivity index (χ0v) is 17.4. The van der Waals surface area contributed by atoms with E-state index in [9.17, 15) is 14.0 Å². The third-order valence-corrected chi connectivity index (χ3v) is 4.74. The van der Waals surface area contributed by atoms with Crippen molar-refractivity contribution in [3.05, 3.63) is 81.9 Å². The molecule has 0 atom stereocenters. The smallest absolute Gasteiger partial charge is 0.271 e. The highest BCUT2D eigenvalue weighted by Gasteiger charge is 2.11. The standard InChI is InChI=1S/C22H20ClFN4O2/c1-13-9-17(14(2)28(13)19-7-8-21(24)20(23)11-19)12-25-27-22(30)16-5-4-6-18(10-16)26-15(3)29/h4-12H,1-3H3,(H,26,29)(H,27,30)/b25-12-. The molecule has 0 saturated carbocycles. The molecule has 0 fully saturated rings. The van der Waals surface area contributed by atoms with Gasteiger partial charge in [0.25, 0.3) is 5.91 Å². The molecule has 2 N–H and O–H groups in total. The minimum absolute atomic E-state index is 0.0453. The fraction of sp³-hybridized carbons (Fsp3) is 0.136. The Morgan fingerprint density at radius 1 is 1.13 bits per heavy atom. The van der Waals surface area contributed by atoms with Crippen LogP contribution >= 0.6 is 11.6 Å². The molecule has 2 aromatic carbocycles. The second-order valence-corrected chi connectivity index (χ2v) is 7.13. The number of carbonyl (C=O) groups excluding carboxylic acids is 2. The van der Waals surface area contributed by atoms with Crippen molar-refractivity contribution in [2.45, 2.75) is 20.8 Å². The fourth-order valence-electron chi connectivity index (χ4n) is 3.11. The molecular weight excluding hydrogens is 407 g/mol. The van der Waals surface area contributed by atoms with E-state index >= 15 is 0 Å². The van der Waals surface area contributed by atoms with Crippen LogP contribution in [0.15, 0.2) is 53.6 Å². The zero-order valence-electron chi connectivity index (χ0n) is 16.7. The predicted octanol–water partition coefficient (Wildman–Crippen LogP) is 4.61. The molecule has 0 radical (unpaired) electrons. The van der Waals surface area contributed by atoms with Crippen molar-refractivity contribution < 1.29 is 14.0 Å². The molecule has 0 aliphatic rings. The minimum atomic E-state index is -0.477. The van der Waals surface area contributed by atoms with E-state index < -0.39 is 11.7 Å². The molecule has 1 heterocycles. The van der Waals surface area contributed by atoms with Crippen LogP contribution in [-0.2, 0) is 4.79 Å². The van der Waals surface area contributed by atoms with Crippen LogP contribution in [0.4, 0.5) is 10.1 Å². The van der Waals surface area contributed by atoms with Gasteiger partial charge in [-0.3, -0.25) is 9.59 Å². The van der Waals surface area contributed by atoms with Gasteiger partial charge in [-0.05, 0) is 56.3 Å². The van der Waals surface area contributed by atoms with Crippen LogP contribution in [0.1, 0.15) is 34.2 Å². The van der Waals surface area contributed by atoms with Crippen LogP contribution in [0, 0.1) is 19.7 Å². The molecule has 0 saturated heterocycles. The van der Waals surface area contributed by atoms with Gasteiger partial charge in [-0.15, -0.1) is 0 Å². The van der Waals surface area contributed by atoms with Crippen LogP contribution in [0.3, 0.4) is 0 Å². The Morgan fingerprint density at radius 3 is 2.60 bits per heavy atom. The molecule has 3 aromatic rings. The number of aryl methyl sites for hydroxylation is 1. The second-order valence-electron chi connectivity index (χ2n) is 6.72. The lowest BCUT2D eigenvalue weighted by molar-refractivity contribution is -0.114. The summed E-state index contributed by atoms with van der Waals surface area (Å²) in [6, 6.07) is 13.0. The maximum Gasteiger partial charge on any atom is 0.271 e. The Balaban J connectivity index is 1.76. The number of amides is 2. The molecule has 0 aliphatic carbocycles. The van der Waals surface area contributed by atoms with Gasteiger partial charge < -0.3 is 9.88 Å². The van der Waals surface area contributed by atoms with E-state index in [0.717, 1.165) is 22.6 Å². The topological polar surface area (TPSA) is 75.5 Å². The molecule has 0 spiro atoms. The van der Waals surface area contributed by atoms with E-state index in [0.29, 0.717) is 11.3 Å². The summed E-state index contributed by atoms with van der Waals surface area (Å²) in [4.78, 5) is 23.5. The molecular formula is C22H20ClFN4O2. The van der Waals surface area contributed by atoms with Crippen LogP contribution < -0.4 is 10.7 Å². The van der Waals surface area contributed by atoms with Gasteiger partial charge in [-0.2, -0.15) is 5.10 Å². The molecule has 2 amide bonds. The molecule has 8 heteroatoms. The number of hydrogen-bond donors (Lipinski definition) is 2. The van der Waals surface area contributed by atoms with E-state index in [-0.39, 0.29) is 10.9 Å². The largest absolute Gasteiger partial charge is 0.326 e. The first-order valence-corrected chi connectivity index (χ1v) is 9.49. The lowest BCUT2D eigenvalue weighted by Crippen LogP contribution is -2.18. The molecule has 154 valence electrons. The number of carbonyl (C=O) groups is 2. The second kappa shape index (κ2) is 8.92. The van der Waals surface area contributed by atoms with Crippen LogP contribution in [0.5, 0.6) is 0 Å². The van der Waals surface area contributed by atoms with Gasteiger partial charge in [-0.25, -0.2) is 9.82 Å². The van der Waals surface area contributed by atoms with Gasteiger partial charge >= 0.3 is 0 Å². The highest BCUT2D eigenvalue weighted by atomic mass is 35.5. The third kappa shape index (κ3) is 4.75. The van der Waals surface area contributed by atoms with Crippen molar-refractivity contribution in [3.63, 3.8) is 0 Å². The first-order chi connectivity index (χ1) is 14.3. The molecule has 0 unspecified atom stereocenters. The Bertz CT molecular complexity index is 1150. The maximum atomic E-state index is 13.5. The van der Waals surface area contributed by atoms with Crippen LogP contribution in [-0.4, -0.2) is 22.6 Å². The average Bonchev–Trinajstić information content (AvgIpc) is 2.97. The minimum Gasteiger partial charge on any atom is -0.326 e. The highest BCUT2D eigenvalue weighted by molar-refractivity contribution is 6.30. The number of benzene rings is 2. The third-order valence-electron chi connectivity index (χ3n) is 4.45. The van der Waals surface area contributed by atoms with E-state index in [1.54, 1.807) is 42.6 Å². The zero-order chi connectivity index (χ0) is 21.8. The van der Waals surface area contributed by atoms with Crippen molar-refractivity contribution >= 4 is 35.3 Å². The molecule has 1 aromatic heterocycles. The fourth-order valence-corrected chi connectivity index (χ4v) is 3.28. The summed E-state index contributed by atoms with van der Waals surface area (Å²) in [5, 5.41) is 6.71. The summed E-state index contributed by atoms with van der Waals surface area (Å²) in [7, 11) is 0. The predicted molar refractivity (Wildman–Crippen MR) is 116 cm³/mol. The lowest BCUT2D eigenvalue weighted by Gasteiger charge is -2.10. The Hall–Kier alpha value is -3.45. The monoisotopic (exact) mass is 426 g/mol. The Morgan fingerprint density at radius 2 is 1.90 bits per heavy atom. The van der Waals surface area contributed by atoms with E-state index in [2.05, 4.69) is 15.8 Å². The van der Waals surface area contributed by atoms with Gasteiger partial charge in [0.1, 0.15) is 5.82 Å². The van der Waals surface area contributed by atoms with Gasteiger partial charge in [0.15, 0.2) is 0 Å². The van der Waals surface area contributed by atoms with Crippen LogP contribution in [0.25, 0.3) is 5.69 Å². The first-order valence-electron chi connectivity index (χ1n) is 9.11. The number of nitrogens with one attached hydrogen (secondary N) is 2. The van der Waals surface area contributed by atoms with Gasteiger partial charge in [0, 0.05) is 40.8 Å². The van der Waals surface area contributed by atoms with Gasteiger partial charge in [0.05, 0.1) is 11.2 Å². The molecule has 0 bridgehead atoms.